The van der Waals surface area contributed by atoms with E-state index in [1.165, 1.54) is 6.07 Å². The van der Waals surface area contributed by atoms with E-state index in [1.807, 2.05) is 26.0 Å². The minimum atomic E-state index is -0.181. The molecular weight excluding hydrogens is 230 g/mol. The van der Waals surface area contributed by atoms with Crippen LogP contribution in [0.3, 0.4) is 0 Å². The highest BCUT2D eigenvalue weighted by atomic mass is 16.5. The predicted octanol–water partition coefficient (Wildman–Crippen LogP) is 1.60. The Morgan fingerprint density at radius 3 is 2.44 bits per heavy atom. The molecule has 0 radical (unpaired) electrons. The van der Waals surface area contributed by atoms with Crippen molar-refractivity contribution in [3.05, 3.63) is 45.6 Å². The van der Waals surface area contributed by atoms with Crippen molar-refractivity contribution in [1.82, 2.24) is 15.0 Å². The fourth-order valence-corrected chi connectivity index (χ4v) is 1.84. The highest BCUT2D eigenvalue weighted by Crippen LogP contribution is 2.15. The van der Waals surface area contributed by atoms with Crippen molar-refractivity contribution in [3.8, 4) is 11.4 Å². The van der Waals surface area contributed by atoms with Gasteiger partial charge in [-0.05, 0) is 26.0 Å². The van der Waals surface area contributed by atoms with Crippen molar-refractivity contribution in [1.29, 1.82) is 0 Å². The molecule has 0 spiro atoms. The van der Waals surface area contributed by atoms with Crippen molar-refractivity contribution in [2.24, 2.45) is 0 Å². The maximum Gasteiger partial charge on any atom is 0.251 e. The van der Waals surface area contributed by atoms with Crippen LogP contribution in [0, 0.1) is 13.8 Å². The maximum absolute atomic E-state index is 11.6. The highest BCUT2D eigenvalue weighted by molar-refractivity contribution is 5.55. The number of hydrogen-bond donors (Lipinski definition) is 1. The molecule has 0 aliphatic heterocycles. The molecule has 18 heavy (non-hydrogen) atoms. The molecule has 5 heteroatoms. The second-order valence-electron chi connectivity index (χ2n) is 4.16. The first-order valence-electron chi connectivity index (χ1n) is 5.63. The number of pyridine rings is 1. The molecule has 0 aliphatic rings. The van der Waals surface area contributed by atoms with Gasteiger partial charge < -0.3 is 9.72 Å². The number of aromatic nitrogens is 3. The maximum atomic E-state index is 11.6. The third kappa shape index (κ3) is 2.81. The minimum absolute atomic E-state index is 0.181. The zero-order chi connectivity index (χ0) is 13.1. The van der Waals surface area contributed by atoms with E-state index < -0.39 is 0 Å². The Labute approximate surface area is 105 Å². The zero-order valence-electron chi connectivity index (χ0n) is 10.7. The van der Waals surface area contributed by atoms with Crippen LogP contribution in [0.15, 0.2) is 23.0 Å². The average Bonchev–Trinajstić information content (AvgIpc) is 2.27. The quantitative estimate of drug-likeness (QED) is 0.891. The summed E-state index contributed by atoms with van der Waals surface area (Å²) >= 11 is 0. The summed E-state index contributed by atoms with van der Waals surface area (Å²) in [7, 11) is 1.57. The first-order chi connectivity index (χ1) is 8.58. The summed E-state index contributed by atoms with van der Waals surface area (Å²) in [5, 5.41) is 0. The molecule has 0 fully saturated rings. The third-order valence-corrected chi connectivity index (χ3v) is 2.44. The second kappa shape index (κ2) is 5.10. The summed E-state index contributed by atoms with van der Waals surface area (Å²) in [5.41, 5.74) is 3.08. The van der Waals surface area contributed by atoms with Crippen molar-refractivity contribution in [3.63, 3.8) is 0 Å². The molecule has 0 unspecified atom stereocenters. The molecule has 2 rings (SSSR count). The monoisotopic (exact) mass is 245 g/mol. The lowest BCUT2D eigenvalue weighted by atomic mass is 10.2. The first kappa shape index (κ1) is 12.4. The lowest BCUT2D eigenvalue weighted by molar-refractivity contribution is 0.181. The molecule has 0 amide bonds. The standard InChI is InChI=1S/C13H15N3O2/c1-8-4-10(5-9(2)14-8)13-15-11(7-18-3)6-12(17)16-13/h4-6H,7H2,1-3H3,(H,15,16,17). The van der Waals surface area contributed by atoms with Crippen LogP contribution in [0.2, 0.25) is 0 Å². The van der Waals surface area contributed by atoms with Crippen LogP contribution in [0.5, 0.6) is 0 Å². The summed E-state index contributed by atoms with van der Waals surface area (Å²) in [5.74, 6) is 0.545. The Balaban J connectivity index is 2.52. The van der Waals surface area contributed by atoms with Gasteiger partial charge >= 0.3 is 0 Å². The van der Waals surface area contributed by atoms with E-state index in [4.69, 9.17) is 4.74 Å². The Kier molecular flexibility index (Phi) is 3.53. The summed E-state index contributed by atoms with van der Waals surface area (Å²) in [6.07, 6.45) is 0. The molecule has 0 saturated carbocycles. The first-order valence-corrected chi connectivity index (χ1v) is 5.63. The molecule has 94 valence electrons. The molecule has 0 aromatic carbocycles. The minimum Gasteiger partial charge on any atom is -0.378 e. The fourth-order valence-electron chi connectivity index (χ4n) is 1.84. The Morgan fingerprint density at radius 1 is 1.17 bits per heavy atom. The predicted molar refractivity (Wildman–Crippen MR) is 68.3 cm³/mol. The van der Waals surface area contributed by atoms with Gasteiger partial charge in [0.1, 0.15) is 5.82 Å². The Morgan fingerprint density at radius 2 is 1.83 bits per heavy atom. The van der Waals surface area contributed by atoms with Crippen LogP contribution < -0.4 is 5.56 Å². The molecule has 2 heterocycles. The van der Waals surface area contributed by atoms with Gasteiger partial charge in [0, 0.05) is 30.1 Å². The highest BCUT2D eigenvalue weighted by Gasteiger charge is 2.05. The average molecular weight is 245 g/mol. The largest absolute Gasteiger partial charge is 0.378 e. The van der Waals surface area contributed by atoms with Gasteiger partial charge in [-0.2, -0.15) is 0 Å². The van der Waals surface area contributed by atoms with Gasteiger partial charge in [-0.15, -0.1) is 0 Å². The van der Waals surface area contributed by atoms with E-state index in [9.17, 15) is 4.79 Å². The number of hydrogen-bond acceptors (Lipinski definition) is 4. The summed E-state index contributed by atoms with van der Waals surface area (Å²) in [6.45, 7) is 4.14. The molecule has 0 bridgehead atoms. The number of aromatic amines is 1. The molecule has 1 N–H and O–H groups in total. The molecule has 0 atom stereocenters. The Bertz CT molecular complexity index is 600. The third-order valence-electron chi connectivity index (χ3n) is 2.44. The van der Waals surface area contributed by atoms with Crippen molar-refractivity contribution in [2.75, 3.05) is 7.11 Å². The smallest absolute Gasteiger partial charge is 0.251 e. The molecule has 5 nitrogen and oxygen atoms in total. The summed E-state index contributed by atoms with van der Waals surface area (Å²) in [6, 6.07) is 5.22. The van der Waals surface area contributed by atoms with E-state index in [2.05, 4.69) is 15.0 Å². The number of nitrogens with zero attached hydrogens (tertiary/aromatic N) is 2. The van der Waals surface area contributed by atoms with Gasteiger partial charge in [-0.1, -0.05) is 0 Å². The molecule has 0 aliphatic carbocycles. The second-order valence-corrected chi connectivity index (χ2v) is 4.16. The van der Waals surface area contributed by atoms with Gasteiger partial charge in [0.25, 0.3) is 5.56 Å². The number of methoxy groups -OCH3 is 1. The van der Waals surface area contributed by atoms with Gasteiger partial charge in [-0.3, -0.25) is 9.78 Å². The number of ether oxygens (including phenoxy) is 1. The van der Waals surface area contributed by atoms with Gasteiger partial charge in [0.05, 0.1) is 12.3 Å². The van der Waals surface area contributed by atoms with Gasteiger partial charge in [-0.25, -0.2) is 4.98 Å². The van der Waals surface area contributed by atoms with Crippen molar-refractivity contribution in [2.45, 2.75) is 20.5 Å². The number of H-pyrrole nitrogens is 1. The van der Waals surface area contributed by atoms with Gasteiger partial charge in [0.15, 0.2) is 0 Å². The fraction of sp³-hybridized carbons (Fsp3) is 0.308. The van der Waals surface area contributed by atoms with Gasteiger partial charge in [0.2, 0.25) is 0 Å². The van der Waals surface area contributed by atoms with Crippen LogP contribution in [0.25, 0.3) is 11.4 Å². The van der Waals surface area contributed by atoms with E-state index in [0.29, 0.717) is 18.1 Å². The topological polar surface area (TPSA) is 67.9 Å². The van der Waals surface area contributed by atoms with E-state index in [-0.39, 0.29) is 5.56 Å². The van der Waals surface area contributed by atoms with Crippen LogP contribution in [0.1, 0.15) is 17.1 Å². The summed E-state index contributed by atoms with van der Waals surface area (Å²) < 4.78 is 4.99. The SMILES string of the molecule is COCc1cc(=O)[nH]c(-c2cc(C)nc(C)c2)n1. The van der Waals surface area contributed by atoms with Crippen molar-refractivity contribution < 1.29 is 4.74 Å². The molecule has 2 aromatic heterocycles. The van der Waals surface area contributed by atoms with E-state index >= 15 is 0 Å². The number of nitrogens with one attached hydrogen (secondary N) is 1. The van der Waals surface area contributed by atoms with E-state index in [0.717, 1.165) is 17.0 Å². The number of rotatable bonds is 3. The lowest BCUT2D eigenvalue weighted by Gasteiger charge is -2.05. The normalized spacial score (nSPS) is 10.6. The van der Waals surface area contributed by atoms with Crippen LogP contribution in [0.4, 0.5) is 0 Å². The molecule has 0 saturated heterocycles. The molecular formula is C13H15N3O2. The number of aryl methyl sites for hydroxylation is 2. The Hall–Kier alpha value is -2.01. The van der Waals surface area contributed by atoms with Crippen LogP contribution >= 0.6 is 0 Å². The lowest BCUT2D eigenvalue weighted by Crippen LogP contribution is -2.11. The molecule has 2 aromatic rings. The van der Waals surface area contributed by atoms with E-state index in [1.54, 1.807) is 7.11 Å². The van der Waals surface area contributed by atoms with Crippen molar-refractivity contribution >= 4 is 0 Å². The van der Waals surface area contributed by atoms with Crippen LogP contribution in [-0.4, -0.2) is 22.1 Å². The van der Waals surface area contributed by atoms with Crippen LogP contribution in [-0.2, 0) is 11.3 Å². The zero-order valence-corrected chi connectivity index (χ0v) is 10.7. The summed E-state index contributed by atoms with van der Waals surface area (Å²) in [4.78, 5) is 23.0.